The van der Waals surface area contributed by atoms with Crippen molar-refractivity contribution in [1.29, 1.82) is 0 Å². The second-order valence-corrected chi connectivity index (χ2v) is 5.22. The highest BCUT2D eigenvalue weighted by molar-refractivity contribution is 5.32. The number of halogens is 2. The first-order valence-electron chi connectivity index (χ1n) is 7.40. The fraction of sp³-hybridized carbons (Fsp3) is 0.353. The van der Waals surface area contributed by atoms with Crippen LogP contribution in [0.5, 0.6) is 11.6 Å². The normalized spacial score (nSPS) is 12.2. The van der Waals surface area contributed by atoms with E-state index in [1.165, 1.54) is 6.07 Å². The van der Waals surface area contributed by atoms with Crippen molar-refractivity contribution in [1.82, 2.24) is 10.3 Å². The third-order valence-corrected chi connectivity index (χ3v) is 3.32. The molecular weight excluding hydrogens is 286 g/mol. The van der Waals surface area contributed by atoms with Gasteiger partial charge < -0.3 is 10.1 Å². The van der Waals surface area contributed by atoms with Crippen LogP contribution in [0.4, 0.5) is 8.78 Å². The maximum atomic E-state index is 13.2. The van der Waals surface area contributed by atoms with E-state index in [-0.39, 0.29) is 5.75 Å². The summed E-state index contributed by atoms with van der Waals surface area (Å²) in [4.78, 5) is 4.17. The van der Waals surface area contributed by atoms with Gasteiger partial charge in [-0.25, -0.2) is 13.8 Å². The fourth-order valence-corrected chi connectivity index (χ4v) is 2.12. The van der Waals surface area contributed by atoms with Crippen LogP contribution in [-0.4, -0.2) is 11.0 Å². The molecule has 3 nitrogen and oxygen atoms in total. The molecule has 1 aromatic heterocycles. The van der Waals surface area contributed by atoms with Crippen LogP contribution in [0, 0.1) is 11.6 Å². The summed E-state index contributed by atoms with van der Waals surface area (Å²) in [6.45, 7) is 4.86. The van der Waals surface area contributed by atoms with Gasteiger partial charge in [-0.15, -0.1) is 0 Å². The average molecular weight is 306 g/mol. The van der Waals surface area contributed by atoms with Gasteiger partial charge in [0.05, 0.1) is 0 Å². The van der Waals surface area contributed by atoms with Crippen molar-refractivity contribution < 1.29 is 13.5 Å². The van der Waals surface area contributed by atoms with Crippen molar-refractivity contribution in [3.05, 3.63) is 53.7 Å². The second-order valence-electron chi connectivity index (χ2n) is 5.22. The van der Waals surface area contributed by atoms with Gasteiger partial charge in [0.15, 0.2) is 11.6 Å². The van der Waals surface area contributed by atoms with Crippen molar-refractivity contribution in [2.24, 2.45) is 0 Å². The summed E-state index contributed by atoms with van der Waals surface area (Å²) in [5.41, 5.74) is 0.871. The van der Waals surface area contributed by atoms with Gasteiger partial charge in [-0.1, -0.05) is 19.4 Å². The molecule has 22 heavy (non-hydrogen) atoms. The molecule has 2 rings (SSSR count). The molecule has 0 aliphatic carbocycles. The van der Waals surface area contributed by atoms with Crippen LogP contribution in [0.1, 0.15) is 32.3 Å². The summed E-state index contributed by atoms with van der Waals surface area (Å²) in [5, 5.41) is 3.39. The van der Waals surface area contributed by atoms with Crippen LogP contribution in [0.25, 0.3) is 0 Å². The van der Waals surface area contributed by atoms with Crippen LogP contribution < -0.4 is 10.1 Å². The van der Waals surface area contributed by atoms with Crippen LogP contribution in [0.3, 0.4) is 0 Å². The van der Waals surface area contributed by atoms with Crippen molar-refractivity contribution in [2.45, 2.75) is 39.3 Å². The third-order valence-electron chi connectivity index (χ3n) is 3.32. The standard InChI is InChI=1S/C17H20F2N2O/c1-3-5-12(2)21-11-13-6-4-9-20-17(13)22-14-7-8-15(18)16(19)10-14/h4,6-10,12,21H,3,5,11H2,1-2H3/t12-/m1/s1. The van der Waals surface area contributed by atoms with E-state index in [0.29, 0.717) is 18.5 Å². The summed E-state index contributed by atoms with van der Waals surface area (Å²) in [5.74, 6) is -1.22. The molecule has 0 radical (unpaired) electrons. The van der Waals surface area contributed by atoms with Gasteiger partial charge >= 0.3 is 0 Å². The van der Waals surface area contributed by atoms with Crippen LogP contribution in [-0.2, 0) is 6.54 Å². The molecule has 0 fully saturated rings. The SMILES string of the molecule is CCC[C@@H](C)NCc1cccnc1Oc1ccc(F)c(F)c1. The molecule has 0 unspecified atom stereocenters. The van der Waals surface area contributed by atoms with E-state index in [1.54, 1.807) is 6.20 Å². The number of nitrogens with zero attached hydrogens (tertiary/aromatic N) is 1. The number of hydrogen-bond donors (Lipinski definition) is 1. The van der Waals surface area contributed by atoms with Crippen LogP contribution in [0.2, 0.25) is 0 Å². The molecule has 0 amide bonds. The zero-order chi connectivity index (χ0) is 15.9. The number of benzene rings is 1. The Balaban J connectivity index is 2.09. The Kier molecular flexibility index (Phi) is 5.83. The lowest BCUT2D eigenvalue weighted by Gasteiger charge is -2.14. The molecule has 118 valence electrons. The fourth-order valence-electron chi connectivity index (χ4n) is 2.12. The maximum absolute atomic E-state index is 13.2. The lowest BCUT2D eigenvalue weighted by atomic mass is 10.2. The van der Waals surface area contributed by atoms with E-state index in [0.717, 1.165) is 30.5 Å². The Bertz CT molecular complexity index is 619. The topological polar surface area (TPSA) is 34.2 Å². The van der Waals surface area contributed by atoms with Gasteiger partial charge in [-0.3, -0.25) is 0 Å². The molecule has 0 aliphatic rings. The Morgan fingerprint density at radius 2 is 2.05 bits per heavy atom. The first kappa shape index (κ1) is 16.4. The van der Waals surface area contributed by atoms with Crippen molar-refractivity contribution in [2.75, 3.05) is 0 Å². The summed E-state index contributed by atoms with van der Waals surface area (Å²) in [7, 11) is 0. The van der Waals surface area contributed by atoms with Gasteiger partial charge in [0.25, 0.3) is 0 Å². The number of rotatable bonds is 7. The minimum absolute atomic E-state index is 0.223. The zero-order valence-electron chi connectivity index (χ0n) is 12.8. The second kappa shape index (κ2) is 7.84. The number of hydrogen-bond acceptors (Lipinski definition) is 3. The van der Waals surface area contributed by atoms with Gasteiger partial charge in [0, 0.05) is 30.4 Å². The molecule has 0 aliphatic heterocycles. The lowest BCUT2D eigenvalue weighted by molar-refractivity contribution is 0.435. The molecule has 0 saturated heterocycles. The highest BCUT2D eigenvalue weighted by Crippen LogP contribution is 2.24. The van der Waals surface area contributed by atoms with E-state index in [9.17, 15) is 8.78 Å². The number of pyridine rings is 1. The van der Waals surface area contributed by atoms with Gasteiger partial charge in [0.1, 0.15) is 5.75 Å². The van der Waals surface area contributed by atoms with Gasteiger partial charge in [-0.2, -0.15) is 0 Å². The molecule has 1 aromatic carbocycles. The van der Waals surface area contributed by atoms with Gasteiger partial charge in [-0.05, 0) is 31.5 Å². The smallest absolute Gasteiger partial charge is 0.223 e. The number of aromatic nitrogens is 1. The largest absolute Gasteiger partial charge is 0.439 e. The quantitative estimate of drug-likeness (QED) is 0.821. The van der Waals surface area contributed by atoms with Gasteiger partial charge in [0.2, 0.25) is 5.88 Å². The van der Waals surface area contributed by atoms with Crippen molar-refractivity contribution in [3.8, 4) is 11.6 Å². The Morgan fingerprint density at radius 3 is 2.77 bits per heavy atom. The van der Waals surface area contributed by atoms with E-state index < -0.39 is 11.6 Å². The monoisotopic (exact) mass is 306 g/mol. The van der Waals surface area contributed by atoms with Crippen molar-refractivity contribution >= 4 is 0 Å². The molecule has 5 heteroatoms. The molecule has 0 spiro atoms. The van der Waals surface area contributed by atoms with E-state index in [2.05, 4.69) is 24.1 Å². The molecular formula is C17H20F2N2O. The molecule has 1 N–H and O–H groups in total. The molecule has 1 atom stereocenters. The molecule has 1 heterocycles. The van der Waals surface area contributed by atoms with Crippen LogP contribution >= 0.6 is 0 Å². The summed E-state index contributed by atoms with van der Waals surface area (Å²) in [6, 6.07) is 7.54. The molecule has 0 saturated carbocycles. The Hall–Kier alpha value is -2.01. The first-order valence-corrected chi connectivity index (χ1v) is 7.40. The summed E-state index contributed by atoms with van der Waals surface area (Å²) >= 11 is 0. The maximum Gasteiger partial charge on any atom is 0.223 e. The minimum atomic E-state index is -0.940. The zero-order valence-corrected chi connectivity index (χ0v) is 12.8. The van der Waals surface area contributed by atoms with Crippen molar-refractivity contribution in [3.63, 3.8) is 0 Å². The lowest BCUT2D eigenvalue weighted by Crippen LogP contribution is -2.25. The third kappa shape index (κ3) is 4.49. The minimum Gasteiger partial charge on any atom is -0.439 e. The highest BCUT2D eigenvalue weighted by atomic mass is 19.2. The summed E-state index contributed by atoms with van der Waals surface area (Å²) in [6.07, 6.45) is 3.80. The Morgan fingerprint density at radius 1 is 1.23 bits per heavy atom. The molecule has 0 bridgehead atoms. The van der Waals surface area contributed by atoms with E-state index in [4.69, 9.17) is 4.74 Å². The number of ether oxygens (including phenoxy) is 1. The van der Waals surface area contributed by atoms with E-state index in [1.807, 2.05) is 12.1 Å². The van der Waals surface area contributed by atoms with Crippen LogP contribution in [0.15, 0.2) is 36.5 Å². The summed E-state index contributed by atoms with van der Waals surface area (Å²) < 4.78 is 31.8. The van der Waals surface area contributed by atoms with E-state index >= 15 is 0 Å². The predicted molar refractivity (Wildman–Crippen MR) is 81.9 cm³/mol. The molecule has 2 aromatic rings. The number of nitrogens with one attached hydrogen (secondary N) is 1. The first-order chi connectivity index (χ1) is 10.6. The predicted octanol–water partition coefficient (Wildman–Crippen LogP) is 4.43. The highest BCUT2D eigenvalue weighted by Gasteiger charge is 2.09. The Labute approximate surface area is 129 Å². The average Bonchev–Trinajstić information content (AvgIpc) is 2.50.